The number of piperidine rings is 1. The van der Waals surface area contributed by atoms with Crippen LogP contribution in [0.2, 0.25) is 4.34 Å². The Kier molecular flexibility index (Phi) is 9.06. The third-order valence-corrected chi connectivity index (χ3v) is 11.5. The number of nitrogens with zero attached hydrogens (tertiary/aromatic N) is 4. The normalized spacial score (nSPS) is 15.7. The molecule has 0 spiro atoms. The van der Waals surface area contributed by atoms with Crippen molar-refractivity contribution in [2.24, 2.45) is 5.92 Å². The van der Waals surface area contributed by atoms with Crippen LogP contribution in [0.15, 0.2) is 34.5 Å². The molecule has 0 N–H and O–H groups in total. The first kappa shape index (κ1) is 27.5. The highest BCUT2D eigenvalue weighted by atomic mass is 35.5. The van der Waals surface area contributed by atoms with Crippen molar-refractivity contribution in [1.82, 2.24) is 14.2 Å². The number of para-hydroxylation sites is 1. The molecule has 1 aromatic carbocycles. The van der Waals surface area contributed by atoms with Crippen molar-refractivity contribution in [3.8, 4) is 0 Å². The van der Waals surface area contributed by atoms with Crippen LogP contribution in [0, 0.1) is 5.92 Å². The Bertz CT molecular complexity index is 1290. The van der Waals surface area contributed by atoms with Crippen LogP contribution in [-0.2, 0) is 21.2 Å². The van der Waals surface area contributed by atoms with Gasteiger partial charge in [-0.1, -0.05) is 55.8 Å². The number of rotatable bonds is 10. The first-order valence-electron chi connectivity index (χ1n) is 12.5. The Balaban J connectivity index is 1.54. The smallest absolute Gasteiger partial charge is 0.252 e. The molecule has 1 aliphatic heterocycles. The molecule has 11 heteroatoms. The van der Waals surface area contributed by atoms with E-state index < -0.39 is 10.0 Å². The molecule has 1 amide bonds. The molecule has 0 unspecified atom stereocenters. The summed E-state index contributed by atoms with van der Waals surface area (Å²) in [5, 5.41) is 0.728. The van der Waals surface area contributed by atoms with Gasteiger partial charge in [0.1, 0.15) is 4.21 Å². The van der Waals surface area contributed by atoms with Gasteiger partial charge in [-0.25, -0.2) is 13.4 Å². The number of aromatic nitrogens is 1. The molecule has 196 valence electrons. The summed E-state index contributed by atoms with van der Waals surface area (Å²) < 4.78 is 29.3. The summed E-state index contributed by atoms with van der Waals surface area (Å²) in [6, 6.07) is 9.34. The van der Waals surface area contributed by atoms with Crippen molar-refractivity contribution >= 4 is 65.6 Å². The van der Waals surface area contributed by atoms with Gasteiger partial charge in [0.15, 0.2) is 5.13 Å². The molecular formula is C25H33ClN4O3S3. The standard InChI is InChI=1S/C25H33ClN4O3S3/c1-4-18-8-7-9-20-23(18)27-25(34-20)30(17-16-28(5-2)6-3)24(31)19-12-14-29(15-13-19)36(32,33)22-11-10-21(26)35-22/h7-11,19H,4-6,12-17H2,1-3H3. The Labute approximate surface area is 226 Å². The summed E-state index contributed by atoms with van der Waals surface area (Å²) in [7, 11) is -3.59. The third kappa shape index (κ3) is 5.79. The molecular weight excluding hydrogens is 536 g/mol. The van der Waals surface area contributed by atoms with Crippen LogP contribution in [0.5, 0.6) is 0 Å². The highest BCUT2D eigenvalue weighted by Crippen LogP contribution is 2.34. The number of carbonyl (C=O) groups is 1. The molecule has 1 saturated heterocycles. The Hall–Kier alpha value is -1.56. The lowest BCUT2D eigenvalue weighted by atomic mass is 9.96. The second-order valence-electron chi connectivity index (χ2n) is 8.87. The van der Waals surface area contributed by atoms with Crippen molar-refractivity contribution in [3.63, 3.8) is 0 Å². The Morgan fingerprint density at radius 3 is 2.42 bits per heavy atom. The maximum Gasteiger partial charge on any atom is 0.252 e. The fraction of sp³-hybridized carbons (Fsp3) is 0.520. The number of fused-ring (bicyclic) bond motifs is 1. The highest BCUT2D eigenvalue weighted by Gasteiger charge is 2.35. The zero-order chi connectivity index (χ0) is 25.9. The van der Waals surface area contributed by atoms with Gasteiger partial charge in [0.2, 0.25) is 5.91 Å². The second kappa shape index (κ2) is 11.9. The minimum absolute atomic E-state index is 0.0375. The lowest BCUT2D eigenvalue weighted by Gasteiger charge is -2.33. The fourth-order valence-corrected chi connectivity index (χ4v) is 8.75. The molecule has 2 aromatic heterocycles. The van der Waals surface area contributed by atoms with E-state index in [0.29, 0.717) is 36.8 Å². The predicted molar refractivity (Wildman–Crippen MR) is 150 cm³/mol. The zero-order valence-corrected chi connectivity index (χ0v) is 24.1. The first-order chi connectivity index (χ1) is 17.3. The Morgan fingerprint density at radius 2 is 1.81 bits per heavy atom. The van der Waals surface area contributed by atoms with Gasteiger partial charge < -0.3 is 4.90 Å². The summed E-state index contributed by atoms with van der Waals surface area (Å²) in [5.41, 5.74) is 2.15. The molecule has 3 aromatic rings. The second-order valence-corrected chi connectivity index (χ2v) is 13.8. The number of likely N-dealkylation sites (N-methyl/N-ethyl adjacent to an activating group) is 1. The van der Waals surface area contributed by atoms with Crippen LogP contribution in [0.3, 0.4) is 0 Å². The van der Waals surface area contributed by atoms with E-state index in [4.69, 9.17) is 16.6 Å². The molecule has 0 radical (unpaired) electrons. The van der Waals surface area contributed by atoms with Crippen LogP contribution in [0.25, 0.3) is 10.2 Å². The summed E-state index contributed by atoms with van der Waals surface area (Å²) in [6.07, 6.45) is 1.87. The van der Waals surface area contributed by atoms with E-state index in [1.54, 1.807) is 23.5 Å². The average Bonchev–Trinajstić information content (AvgIpc) is 3.53. The van der Waals surface area contributed by atoms with Crippen LogP contribution in [0.4, 0.5) is 5.13 Å². The van der Waals surface area contributed by atoms with E-state index in [0.717, 1.165) is 52.7 Å². The number of carbonyl (C=O) groups excluding carboxylic acids is 1. The van der Waals surface area contributed by atoms with E-state index in [2.05, 4.69) is 37.8 Å². The molecule has 36 heavy (non-hydrogen) atoms. The van der Waals surface area contributed by atoms with Gasteiger partial charge in [0.05, 0.1) is 14.6 Å². The van der Waals surface area contributed by atoms with Crippen LogP contribution in [-0.4, -0.2) is 67.8 Å². The number of thiophene rings is 1. The van der Waals surface area contributed by atoms with Gasteiger partial charge in [-0.3, -0.25) is 9.69 Å². The monoisotopic (exact) mass is 568 g/mol. The van der Waals surface area contributed by atoms with Gasteiger partial charge in [0.25, 0.3) is 10.0 Å². The predicted octanol–water partition coefficient (Wildman–Crippen LogP) is 5.35. The number of thiazole rings is 1. The first-order valence-corrected chi connectivity index (χ1v) is 15.9. The highest BCUT2D eigenvalue weighted by molar-refractivity contribution is 7.91. The molecule has 0 saturated carbocycles. The van der Waals surface area contributed by atoms with Crippen molar-refractivity contribution in [2.75, 3.05) is 44.2 Å². The minimum Gasteiger partial charge on any atom is -0.302 e. The third-order valence-electron chi connectivity index (χ3n) is 6.85. The Morgan fingerprint density at radius 1 is 1.08 bits per heavy atom. The lowest BCUT2D eigenvalue weighted by molar-refractivity contribution is -0.123. The molecule has 0 bridgehead atoms. The van der Waals surface area contributed by atoms with E-state index in [9.17, 15) is 13.2 Å². The summed E-state index contributed by atoms with van der Waals surface area (Å²) in [5.74, 6) is -0.201. The molecule has 0 atom stereocenters. The van der Waals surface area contributed by atoms with E-state index in [1.807, 2.05) is 11.0 Å². The maximum atomic E-state index is 13.8. The number of benzene rings is 1. The molecule has 7 nitrogen and oxygen atoms in total. The zero-order valence-electron chi connectivity index (χ0n) is 20.9. The van der Waals surface area contributed by atoms with Crippen molar-refractivity contribution in [3.05, 3.63) is 40.2 Å². The molecule has 1 fully saturated rings. The lowest BCUT2D eigenvalue weighted by Crippen LogP contribution is -2.46. The number of anilines is 1. The number of aryl methyl sites for hydroxylation is 1. The largest absolute Gasteiger partial charge is 0.302 e. The van der Waals surface area contributed by atoms with Crippen LogP contribution < -0.4 is 4.90 Å². The van der Waals surface area contributed by atoms with Gasteiger partial charge in [-0.15, -0.1) is 11.3 Å². The summed E-state index contributed by atoms with van der Waals surface area (Å²) in [4.78, 5) is 22.9. The SMILES string of the molecule is CCc1cccc2sc(N(CCN(CC)CC)C(=O)C3CCN(S(=O)(=O)c4ccc(Cl)s4)CC3)nc12. The molecule has 3 heterocycles. The topological polar surface area (TPSA) is 73.8 Å². The average molecular weight is 569 g/mol. The van der Waals surface area contributed by atoms with E-state index in [1.165, 1.54) is 9.87 Å². The quantitative estimate of drug-likeness (QED) is 0.330. The number of hydrogen-bond donors (Lipinski definition) is 0. The van der Waals surface area contributed by atoms with Crippen LogP contribution in [0.1, 0.15) is 39.2 Å². The van der Waals surface area contributed by atoms with E-state index >= 15 is 0 Å². The van der Waals surface area contributed by atoms with Gasteiger partial charge in [-0.2, -0.15) is 4.31 Å². The number of hydrogen-bond acceptors (Lipinski definition) is 7. The maximum absolute atomic E-state index is 13.8. The fourth-order valence-electron chi connectivity index (χ4n) is 4.60. The van der Waals surface area contributed by atoms with Crippen molar-refractivity contribution in [2.45, 2.75) is 44.2 Å². The number of halogens is 1. The van der Waals surface area contributed by atoms with Gasteiger partial charge in [0, 0.05) is 32.1 Å². The van der Waals surface area contributed by atoms with Crippen molar-refractivity contribution < 1.29 is 13.2 Å². The van der Waals surface area contributed by atoms with Gasteiger partial charge >= 0.3 is 0 Å². The summed E-state index contributed by atoms with van der Waals surface area (Å²) in [6.45, 7) is 10.2. The van der Waals surface area contributed by atoms with Crippen molar-refractivity contribution in [1.29, 1.82) is 0 Å². The number of sulfonamides is 1. The molecule has 1 aliphatic rings. The number of amides is 1. The molecule has 4 rings (SSSR count). The summed E-state index contributed by atoms with van der Waals surface area (Å²) >= 11 is 8.58. The van der Waals surface area contributed by atoms with E-state index in [-0.39, 0.29) is 16.0 Å². The van der Waals surface area contributed by atoms with Crippen LogP contribution >= 0.6 is 34.3 Å². The molecule has 0 aliphatic carbocycles. The van der Waals surface area contributed by atoms with Gasteiger partial charge in [-0.05, 0) is 56.1 Å². The minimum atomic E-state index is -3.59.